The summed E-state index contributed by atoms with van der Waals surface area (Å²) in [7, 11) is 1.72. The second-order valence-electron chi connectivity index (χ2n) is 5.84. The number of ether oxygens (including phenoxy) is 2. The largest absolute Gasteiger partial charge is 0.486 e. The first-order valence-electron chi connectivity index (χ1n) is 7.84. The number of hydrogen-bond acceptors (Lipinski definition) is 4. The average molecular weight is 348 g/mol. The molecular formula is C18H18F2N2O3. The fourth-order valence-electron chi connectivity index (χ4n) is 2.61. The minimum atomic E-state index is -0.809. The van der Waals surface area contributed by atoms with Crippen LogP contribution in [0.15, 0.2) is 42.5 Å². The highest BCUT2D eigenvalue weighted by Crippen LogP contribution is 2.30. The topological polar surface area (TPSA) is 50.8 Å². The Labute approximate surface area is 144 Å². The van der Waals surface area contributed by atoms with Gasteiger partial charge in [-0.05, 0) is 31.3 Å². The minimum Gasteiger partial charge on any atom is -0.486 e. The van der Waals surface area contributed by atoms with E-state index in [1.165, 1.54) is 6.07 Å². The minimum absolute atomic E-state index is 0.0325. The molecule has 5 nitrogen and oxygen atoms in total. The van der Waals surface area contributed by atoms with Crippen molar-refractivity contribution in [3.63, 3.8) is 0 Å². The predicted molar refractivity (Wildman–Crippen MR) is 88.8 cm³/mol. The van der Waals surface area contributed by atoms with Gasteiger partial charge in [-0.25, -0.2) is 8.78 Å². The zero-order valence-corrected chi connectivity index (χ0v) is 13.7. The second-order valence-corrected chi connectivity index (χ2v) is 5.84. The summed E-state index contributed by atoms with van der Waals surface area (Å²) in [5.41, 5.74) is -0.438. The highest BCUT2D eigenvalue weighted by Gasteiger charge is 2.23. The summed E-state index contributed by atoms with van der Waals surface area (Å²) in [6.07, 6.45) is -0.238. The summed E-state index contributed by atoms with van der Waals surface area (Å²) in [5.74, 6) is -0.781. The number of nitrogens with zero attached hydrogens (tertiary/aromatic N) is 1. The molecule has 1 aliphatic heterocycles. The van der Waals surface area contributed by atoms with Crippen molar-refractivity contribution in [3.05, 3.63) is 54.1 Å². The molecule has 0 unspecified atom stereocenters. The van der Waals surface area contributed by atoms with E-state index in [0.717, 1.165) is 12.1 Å². The molecule has 25 heavy (non-hydrogen) atoms. The fraction of sp³-hybridized carbons (Fsp3) is 0.278. The summed E-state index contributed by atoms with van der Waals surface area (Å²) in [4.78, 5) is 13.7. The maximum absolute atomic E-state index is 13.6. The third-order valence-electron chi connectivity index (χ3n) is 3.72. The van der Waals surface area contributed by atoms with Gasteiger partial charge in [-0.1, -0.05) is 18.2 Å². The van der Waals surface area contributed by atoms with Crippen LogP contribution in [0.25, 0.3) is 0 Å². The molecule has 0 radical (unpaired) electrons. The maximum Gasteiger partial charge on any atom is 0.238 e. The van der Waals surface area contributed by atoms with Crippen molar-refractivity contribution in [3.8, 4) is 11.5 Å². The number of amides is 1. The molecule has 1 N–H and O–H groups in total. The van der Waals surface area contributed by atoms with E-state index >= 15 is 0 Å². The summed E-state index contributed by atoms with van der Waals surface area (Å²) in [6.45, 7) is 0.766. The van der Waals surface area contributed by atoms with Gasteiger partial charge in [0.2, 0.25) is 5.91 Å². The summed E-state index contributed by atoms with van der Waals surface area (Å²) in [6, 6.07) is 10.8. The van der Waals surface area contributed by atoms with Gasteiger partial charge in [0.05, 0.1) is 6.54 Å². The van der Waals surface area contributed by atoms with Gasteiger partial charge in [0, 0.05) is 6.54 Å². The first kappa shape index (κ1) is 17.2. The Hall–Kier alpha value is -2.67. The van der Waals surface area contributed by atoms with E-state index in [-0.39, 0.29) is 12.6 Å². The molecule has 0 fully saturated rings. The van der Waals surface area contributed by atoms with E-state index in [1.54, 1.807) is 11.9 Å². The third-order valence-corrected chi connectivity index (χ3v) is 3.72. The van der Waals surface area contributed by atoms with E-state index in [1.807, 2.05) is 24.3 Å². The Morgan fingerprint density at radius 3 is 2.56 bits per heavy atom. The SMILES string of the molecule is CN(CC(=O)Nc1c(F)cccc1F)C[C@H]1COc2ccccc2O1. The van der Waals surface area contributed by atoms with Crippen molar-refractivity contribution in [1.82, 2.24) is 4.90 Å². The number of rotatable bonds is 5. The lowest BCUT2D eigenvalue weighted by atomic mass is 10.2. The van der Waals surface area contributed by atoms with Crippen LogP contribution in [0.2, 0.25) is 0 Å². The standard InChI is InChI=1S/C18H18F2N2O3/c1-22(9-12-11-24-15-7-2-3-8-16(15)25-12)10-17(23)21-18-13(19)5-4-6-14(18)20/h2-8,12H,9-11H2,1H3,(H,21,23)/t12-/m0/s1. The Morgan fingerprint density at radius 2 is 1.84 bits per heavy atom. The molecule has 1 aliphatic rings. The number of fused-ring (bicyclic) bond motifs is 1. The summed E-state index contributed by atoms with van der Waals surface area (Å²) >= 11 is 0. The molecular weight excluding hydrogens is 330 g/mol. The summed E-state index contributed by atoms with van der Waals surface area (Å²) < 4.78 is 38.6. The van der Waals surface area contributed by atoms with Gasteiger partial charge < -0.3 is 14.8 Å². The molecule has 0 bridgehead atoms. The molecule has 3 rings (SSSR count). The highest BCUT2D eigenvalue weighted by molar-refractivity contribution is 5.92. The van der Waals surface area contributed by atoms with Gasteiger partial charge in [0.25, 0.3) is 0 Å². The number of likely N-dealkylation sites (N-methyl/N-ethyl adjacent to an activating group) is 1. The zero-order valence-electron chi connectivity index (χ0n) is 13.7. The van der Waals surface area contributed by atoms with Crippen LogP contribution in [0, 0.1) is 11.6 Å². The smallest absolute Gasteiger partial charge is 0.238 e. The first-order chi connectivity index (χ1) is 12.0. The van der Waals surface area contributed by atoms with Crippen molar-refractivity contribution in [2.75, 3.05) is 32.1 Å². The zero-order chi connectivity index (χ0) is 17.8. The van der Waals surface area contributed by atoms with Gasteiger partial charge in [-0.2, -0.15) is 0 Å². The number of benzene rings is 2. The van der Waals surface area contributed by atoms with Gasteiger partial charge in [0.1, 0.15) is 30.0 Å². The van der Waals surface area contributed by atoms with E-state index in [9.17, 15) is 13.6 Å². The lowest BCUT2D eigenvalue weighted by Gasteiger charge is -2.29. The molecule has 2 aromatic rings. The Balaban J connectivity index is 1.53. The lowest BCUT2D eigenvalue weighted by Crippen LogP contribution is -2.42. The summed E-state index contributed by atoms with van der Waals surface area (Å²) in [5, 5.41) is 2.26. The molecule has 0 spiro atoms. The van der Waals surface area contributed by atoms with Crippen LogP contribution < -0.4 is 14.8 Å². The van der Waals surface area contributed by atoms with Gasteiger partial charge in [-0.3, -0.25) is 9.69 Å². The van der Waals surface area contributed by atoms with Crippen molar-refractivity contribution in [1.29, 1.82) is 0 Å². The van der Waals surface area contributed by atoms with Crippen molar-refractivity contribution in [2.24, 2.45) is 0 Å². The molecule has 0 aliphatic carbocycles. The molecule has 1 amide bonds. The Morgan fingerprint density at radius 1 is 1.16 bits per heavy atom. The van der Waals surface area contributed by atoms with Gasteiger partial charge in [-0.15, -0.1) is 0 Å². The molecule has 0 aromatic heterocycles. The van der Waals surface area contributed by atoms with Crippen LogP contribution in [0.3, 0.4) is 0 Å². The number of halogens is 2. The van der Waals surface area contributed by atoms with E-state index < -0.39 is 23.2 Å². The Kier molecular flexibility index (Phi) is 5.14. The molecule has 1 atom stereocenters. The first-order valence-corrected chi connectivity index (χ1v) is 7.84. The van der Waals surface area contributed by atoms with E-state index in [0.29, 0.717) is 24.7 Å². The quantitative estimate of drug-likeness (QED) is 0.903. The number of para-hydroxylation sites is 3. The van der Waals surface area contributed by atoms with Crippen LogP contribution in [-0.4, -0.2) is 43.7 Å². The van der Waals surface area contributed by atoms with Crippen LogP contribution in [0.5, 0.6) is 11.5 Å². The molecule has 0 saturated carbocycles. The number of nitrogens with one attached hydrogen (secondary N) is 1. The van der Waals surface area contributed by atoms with Gasteiger partial charge >= 0.3 is 0 Å². The number of carbonyl (C=O) groups is 1. The van der Waals surface area contributed by atoms with E-state index in [4.69, 9.17) is 9.47 Å². The molecule has 132 valence electrons. The molecule has 0 saturated heterocycles. The van der Waals surface area contributed by atoms with Gasteiger partial charge in [0.15, 0.2) is 11.5 Å². The predicted octanol–water partition coefficient (Wildman–Crippen LogP) is 2.68. The normalized spacial score (nSPS) is 15.9. The third kappa shape index (κ3) is 4.24. The Bertz CT molecular complexity index is 749. The van der Waals surface area contributed by atoms with E-state index in [2.05, 4.69) is 5.32 Å². The molecule has 7 heteroatoms. The van der Waals surface area contributed by atoms with Crippen molar-refractivity contribution in [2.45, 2.75) is 6.10 Å². The van der Waals surface area contributed by atoms with Crippen molar-refractivity contribution < 1.29 is 23.0 Å². The second kappa shape index (κ2) is 7.48. The van der Waals surface area contributed by atoms with Crippen LogP contribution in [-0.2, 0) is 4.79 Å². The van der Waals surface area contributed by atoms with Crippen LogP contribution >= 0.6 is 0 Å². The molecule has 2 aromatic carbocycles. The fourth-order valence-corrected chi connectivity index (χ4v) is 2.61. The number of hydrogen-bond donors (Lipinski definition) is 1. The average Bonchev–Trinajstić information content (AvgIpc) is 2.58. The number of carbonyl (C=O) groups excluding carboxylic acids is 1. The van der Waals surface area contributed by atoms with Crippen LogP contribution in [0.1, 0.15) is 0 Å². The molecule has 1 heterocycles. The highest BCUT2D eigenvalue weighted by atomic mass is 19.1. The maximum atomic E-state index is 13.6. The lowest BCUT2D eigenvalue weighted by molar-refractivity contribution is -0.117. The van der Waals surface area contributed by atoms with Crippen molar-refractivity contribution >= 4 is 11.6 Å². The van der Waals surface area contributed by atoms with Crippen LogP contribution in [0.4, 0.5) is 14.5 Å². The monoisotopic (exact) mass is 348 g/mol. The number of anilines is 1.